The molecule has 0 saturated carbocycles. The Balaban J connectivity index is 1.71. The summed E-state index contributed by atoms with van der Waals surface area (Å²) in [5.41, 5.74) is 5.96. The van der Waals surface area contributed by atoms with Gasteiger partial charge in [-0.1, -0.05) is 47.5 Å². The summed E-state index contributed by atoms with van der Waals surface area (Å²) in [5, 5.41) is 4.39. The van der Waals surface area contributed by atoms with Crippen LogP contribution >= 0.6 is 23.2 Å². The summed E-state index contributed by atoms with van der Waals surface area (Å²) >= 11 is 12.3. The fraction of sp³-hybridized carbons (Fsp3) is 0.296. The van der Waals surface area contributed by atoms with Gasteiger partial charge in [-0.25, -0.2) is 4.98 Å². The lowest BCUT2D eigenvalue weighted by Crippen LogP contribution is -2.51. The number of primary amides is 1. The van der Waals surface area contributed by atoms with Crippen molar-refractivity contribution in [2.75, 3.05) is 6.61 Å². The second kappa shape index (κ2) is 12.1. The molecule has 2 aromatic carbocycles. The third kappa shape index (κ3) is 7.86. The van der Waals surface area contributed by atoms with Crippen molar-refractivity contribution in [1.82, 2.24) is 10.3 Å². The number of carbonyl (C=O) groups is 2. The van der Waals surface area contributed by atoms with E-state index in [9.17, 15) is 9.59 Å². The molecule has 2 unspecified atom stereocenters. The number of benzene rings is 2. The van der Waals surface area contributed by atoms with Crippen LogP contribution in [-0.4, -0.2) is 35.0 Å². The Labute approximate surface area is 220 Å². The van der Waals surface area contributed by atoms with Gasteiger partial charge in [0.25, 0.3) is 11.8 Å². The van der Waals surface area contributed by atoms with Gasteiger partial charge in [0.1, 0.15) is 5.75 Å². The van der Waals surface area contributed by atoms with Crippen LogP contribution in [0.3, 0.4) is 0 Å². The largest absolute Gasteiger partial charge is 0.482 e. The van der Waals surface area contributed by atoms with Gasteiger partial charge >= 0.3 is 0 Å². The number of nitrogens with zero attached hydrogens (tertiary/aromatic N) is 1. The third-order valence-electron chi connectivity index (χ3n) is 5.60. The van der Waals surface area contributed by atoms with Gasteiger partial charge in [-0.3, -0.25) is 9.59 Å². The lowest BCUT2D eigenvalue weighted by molar-refractivity contribution is -0.135. The predicted octanol–water partition coefficient (Wildman–Crippen LogP) is 4.94. The monoisotopic (exact) mass is 529 g/mol. The van der Waals surface area contributed by atoms with E-state index in [1.54, 1.807) is 26.0 Å². The smallest absolute Gasteiger partial charge is 0.263 e. The van der Waals surface area contributed by atoms with Crippen LogP contribution in [0.2, 0.25) is 10.0 Å². The number of ether oxygens (including phenoxy) is 2. The highest BCUT2D eigenvalue weighted by molar-refractivity contribution is 6.30. The number of pyridine rings is 1. The van der Waals surface area contributed by atoms with Crippen LogP contribution in [0.15, 0.2) is 66.9 Å². The minimum atomic E-state index is -1.21. The zero-order valence-corrected chi connectivity index (χ0v) is 21.8. The van der Waals surface area contributed by atoms with Gasteiger partial charge in [0.2, 0.25) is 5.88 Å². The zero-order chi connectivity index (χ0) is 26.3. The second-order valence-electron chi connectivity index (χ2n) is 8.95. The molecule has 2 atom stereocenters. The molecular formula is C27H29Cl2N3O4. The molecule has 1 aromatic heterocycles. The SMILES string of the molecule is CC(NC(=O)C(C)(C)Oc1ccc(OCC(N)=O)cn1)C(Cc1ccc(Cl)cc1)c1cccc(Cl)c1. The maximum absolute atomic E-state index is 13.2. The molecule has 0 saturated heterocycles. The normalized spacial score (nSPS) is 12.9. The molecule has 2 amide bonds. The maximum Gasteiger partial charge on any atom is 0.263 e. The van der Waals surface area contributed by atoms with Crippen molar-refractivity contribution in [3.8, 4) is 11.6 Å². The Kier molecular flexibility index (Phi) is 9.18. The number of aromatic nitrogens is 1. The molecule has 190 valence electrons. The van der Waals surface area contributed by atoms with Gasteiger partial charge in [-0.2, -0.15) is 0 Å². The molecule has 0 bridgehead atoms. The Morgan fingerprint density at radius 2 is 1.78 bits per heavy atom. The topological polar surface area (TPSA) is 104 Å². The van der Waals surface area contributed by atoms with E-state index < -0.39 is 11.5 Å². The predicted molar refractivity (Wildman–Crippen MR) is 141 cm³/mol. The van der Waals surface area contributed by atoms with Gasteiger partial charge in [0.15, 0.2) is 12.2 Å². The molecule has 0 radical (unpaired) electrons. The summed E-state index contributed by atoms with van der Waals surface area (Å²) < 4.78 is 11.1. The molecule has 36 heavy (non-hydrogen) atoms. The minimum absolute atomic E-state index is 0.0514. The van der Waals surface area contributed by atoms with Crippen LogP contribution in [0.25, 0.3) is 0 Å². The van der Waals surface area contributed by atoms with Crippen molar-refractivity contribution in [1.29, 1.82) is 0 Å². The Hall–Kier alpha value is -3.29. The van der Waals surface area contributed by atoms with Crippen LogP contribution in [0.1, 0.15) is 37.8 Å². The molecule has 3 N–H and O–H groups in total. The number of rotatable bonds is 11. The van der Waals surface area contributed by atoms with Crippen molar-refractivity contribution in [3.05, 3.63) is 88.0 Å². The van der Waals surface area contributed by atoms with Gasteiger partial charge in [0, 0.05) is 28.1 Å². The molecule has 9 heteroatoms. The molecule has 7 nitrogen and oxygen atoms in total. The number of carbonyl (C=O) groups excluding carboxylic acids is 2. The van der Waals surface area contributed by atoms with Crippen LogP contribution in [-0.2, 0) is 16.0 Å². The quantitative estimate of drug-likeness (QED) is 0.366. The summed E-state index contributed by atoms with van der Waals surface area (Å²) in [6.07, 6.45) is 2.07. The number of halogens is 2. The van der Waals surface area contributed by atoms with Gasteiger partial charge in [-0.15, -0.1) is 0 Å². The molecule has 0 aliphatic rings. The van der Waals surface area contributed by atoms with E-state index in [1.807, 2.05) is 55.5 Å². The first kappa shape index (κ1) is 27.3. The highest BCUT2D eigenvalue weighted by Gasteiger charge is 2.33. The summed E-state index contributed by atoms with van der Waals surface area (Å²) in [5.74, 6) is -0.335. The number of nitrogens with two attached hydrogens (primary N) is 1. The first-order chi connectivity index (χ1) is 17.0. The van der Waals surface area contributed by atoms with Crippen molar-refractivity contribution in [2.24, 2.45) is 5.73 Å². The van der Waals surface area contributed by atoms with Crippen LogP contribution in [0, 0.1) is 0 Å². The molecule has 0 aliphatic heterocycles. The van der Waals surface area contributed by atoms with Crippen molar-refractivity contribution in [3.63, 3.8) is 0 Å². The van der Waals surface area contributed by atoms with Gasteiger partial charge < -0.3 is 20.5 Å². The second-order valence-corrected chi connectivity index (χ2v) is 9.83. The number of hydrogen-bond acceptors (Lipinski definition) is 5. The van der Waals surface area contributed by atoms with E-state index >= 15 is 0 Å². The molecule has 3 aromatic rings. The molecule has 3 rings (SSSR count). The molecule has 1 heterocycles. The Morgan fingerprint density at radius 1 is 1.06 bits per heavy atom. The summed E-state index contributed by atoms with van der Waals surface area (Å²) in [6.45, 7) is 5.04. The van der Waals surface area contributed by atoms with E-state index in [1.165, 1.54) is 6.20 Å². The van der Waals surface area contributed by atoms with E-state index in [4.69, 9.17) is 38.4 Å². The average molecular weight is 530 g/mol. The molecule has 0 spiro atoms. The Bertz CT molecular complexity index is 1180. The van der Waals surface area contributed by atoms with E-state index in [-0.39, 0.29) is 30.4 Å². The lowest BCUT2D eigenvalue weighted by Gasteiger charge is -2.30. The van der Waals surface area contributed by atoms with Crippen LogP contribution < -0.4 is 20.5 Å². The minimum Gasteiger partial charge on any atom is -0.482 e. The molecule has 0 aliphatic carbocycles. The van der Waals surface area contributed by atoms with E-state index in [2.05, 4.69) is 10.3 Å². The number of amides is 2. The third-order valence-corrected chi connectivity index (χ3v) is 6.09. The lowest BCUT2D eigenvalue weighted by atomic mass is 9.86. The standard InChI is InChI=1S/C27H29Cl2N3O4/c1-17(23(19-5-4-6-21(29)14-19)13-18-7-9-20(28)10-8-18)32-26(34)27(2,3)36-25-12-11-22(15-31-25)35-16-24(30)33/h4-12,14-15,17,23H,13,16H2,1-3H3,(H2,30,33)(H,32,34). The Morgan fingerprint density at radius 3 is 2.39 bits per heavy atom. The average Bonchev–Trinajstić information content (AvgIpc) is 2.83. The van der Waals surface area contributed by atoms with Crippen molar-refractivity contribution < 1.29 is 19.1 Å². The van der Waals surface area contributed by atoms with E-state index in [0.29, 0.717) is 22.2 Å². The highest BCUT2D eigenvalue weighted by atomic mass is 35.5. The summed E-state index contributed by atoms with van der Waals surface area (Å²) in [4.78, 5) is 28.3. The van der Waals surface area contributed by atoms with Gasteiger partial charge in [-0.05, 0) is 68.7 Å². The first-order valence-electron chi connectivity index (χ1n) is 11.4. The zero-order valence-electron chi connectivity index (χ0n) is 20.3. The fourth-order valence-corrected chi connectivity index (χ4v) is 3.98. The molecule has 0 fully saturated rings. The van der Waals surface area contributed by atoms with Crippen LogP contribution in [0.5, 0.6) is 11.6 Å². The fourth-order valence-electron chi connectivity index (χ4n) is 3.65. The summed E-state index contributed by atoms with van der Waals surface area (Å²) in [7, 11) is 0. The van der Waals surface area contributed by atoms with Crippen molar-refractivity contribution >= 4 is 35.0 Å². The number of nitrogens with one attached hydrogen (secondary N) is 1. The number of hydrogen-bond donors (Lipinski definition) is 2. The van der Waals surface area contributed by atoms with Crippen LogP contribution in [0.4, 0.5) is 0 Å². The van der Waals surface area contributed by atoms with E-state index in [0.717, 1.165) is 11.1 Å². The summed E-state index contributed by atoms with van der Waals surface area (Å²) in [6, 6.07) is 18.2. The van der Waals surface area contributed by atoms with Gasteiger partial charge in [0.05, 0.1) is 6.20 Å². The highest BCUT2D eigenvalue weighted by Crippen LogP contribution is 2.28. The van der Waals surface area contributed by atoms with Crippen molar-refractivity contribution in [2.45, 2.75) is 44.8 Å². The molecular weight excluding hydrogens is 501 g/mol. The maximum atomic E-state index is 13.2. The first-order valence-corrected chi connectivity index (χ1v) is 12.2.